The number of hydrogen-bond acceptors (Lipinski definition) is 0. The molecule has 0 aromatic rings. The van der Waals surface area contributed by atoms with Crippen LogP contribution in [0.3, 0.4) is 0 Å². The second-order valence-corrected chi connectivity index (χ2v) is 6.65. The first-order valence-corrected chi connectivity index (χ1v) is 7.21. The molecule has 0 radical (unpaired) electrons. The lowest BCUT2D eigenvalue weighted by Crippen LogP contribution is -2.09. The van der Waals surface area contributed by atoms with E-state index in [0.717, 1.165) is 5.92 Å². The standard InChI is InChI=1S/C10H20Si/c1-5-7-10(3)9-11(4)8-6-2/h5-6,10-11H,1-2,7-9H2,3-4H3. The van der Waals surface area contributed by atoms with Crippen LogP contribution < -0.4 is 0 Å². The summed E-state index contributed by atoms with van der Waals surface area (Å²) in [5.74, 6) is 0.842. The molecule has 0 aliphatic rings. The van der Waals surface area contributed by atoms with Crippen LogP contribution in [-0.4, -0.2) is 8.80 Å². The summed E-state index contributed by atoms with van der Waals surface area (Å²) in [5.41, 5.74) is 0. The van der Waals surface area contributed by atoms with E-state index in [1.54, 1.807) is 0 Å². The van der Waals surface area contributed by atoms with E-state index in [0.29, 0.717) is 0 Å². The zero-order chi connectivity index (χ0) is 8.69. The Morgan fingerprint density at radius 3 is 2.45 bits per heavy atom. The minimum absolute atomic E-state index is 0.457. The van der Waals surface area contributed by atoms with E-state index >= 15 is 0 Å². The first-order chi connectivity index (χ1) is 5.20. The van der Waals surface area contributed by atoms with E-state index in [2.05, 4.69) is 32.7 Å². The molecule has 2 unspecified atom stereocenters. The molecule has 0 fully saturated rings. The zero-order valence-corrected chi connectivity index (χ0v) is 9.00. The van der Waals surface area contributed by atoms with Crippen molar-refractivity contribution in [3.8, 4) is 0 Å². The quantitative estimate of drug-likeness (QED) is 0.422. The molecule has 64 valence electrons. The van der Waals surface area contributed by atoms with E-state index in [-0.39, 0.29) is 0 Å². The zero-order valence-electron chi connectivity index (χ0n) is 7.84. The SMILES string of the molecule is C=CCC(C)C[SiH](C)CC=C. The molecule has 0 nitrogen and oxygen atoms in total. The molecule has 2 atom stereocenters. The molecule has 11 heavy (non-hydrogen) atoms. The first-order valence-electron chi connectivity index (χ1n) is 4.42. The lowest BCUT2D eigenvalue weighted by molar-refractivity contribution is 0.656. The van der Waals surface area contributed by atoms with Crippen molar-refractivity contribution in [3.63, 3.8) is 0 Å². The summed E-state index contributed by atoms with van der Waals surface area (Å²) in [6, 6.07) is 2.71. The van der Waals surface area contributed by atoms with Crippen LogP contribution >= 0.6 is 0 Å². The van der Waals surface area contributed by atoms with Gasteiger partial charge in [0.25, 0.3) is 0 Å². The lowest BCUT2D eigenvalue weighted by atomic mass is 10.1. The van der Waals surface area contributed by atoms with E-state index in [1.165, 1.54) is 18.5 Å². The smallest absolute Gasteiger partial charge is 0.0377 e. The van der Waals surface area contributed by atoms with Gasteiger partial charge in [-0.05, 0) is 18.4 Å². The monoisotopic (exact) mass is 168 g/mol. The van der Waals surface area contributed by atoms with Crippen molar-refractivity contribution in [2.24, 2.45) is 5.92 Å². The molecular formula is C10H20Si. The fraction of sp³-hybridized carbons (Fsp3) is 0.600. The van der Waals surface area contributed by atoms with Crippen molar-refractivity contribution in [1.29, 1.82) is 0 Å². The maximum atomic E-state index is 3.77. The minimum atomic E-state index is -0.457. The molecule has 0 amide bonds. The Morgan fingerprint density at radius 2 is 2.00 bits per heavy atom. The molecule has 0 aliphatic carbocycles. The Hall–Kier alpha value is -0.303. The Balaban J connectivity index is 3.46. The normalized spacial score (nSPS) is 15.5. The summed E-state index contributed by atoms with van der Waals surface area (Å²) in [5, 5.41) is 0. The fourth-order valence-corrected chi connectivity index (χ4v) is 3.78. The molecule has 0 heterocycles. The topological polar surface area (TPSA) is 0 Å². The van der Waals surface area contributed by atoms with Crippen LogP contribution in [0.4, 0.5) is 0 Å². The predicted molar refractivity (Wildman–Crippen MR) is 56.8 cm³/mol. The van der Waals surface area contributed by atoms with Crippen molar-refractivity contribution in [2.45, 2.75) is 32.0 Å². The van der Waals surface area contributed by atoms with Crippen LogP contribution in [0, 0.1) is 5.92 Å². The number of hydrogen-bond donors (Lipinski definition) is 0. The first kappa shape index (κ1) is 10.7. The molecule has 0 spiro atoms. The summed E-state index contributed by atoms with van der Waals surface area (Å²) in [4.78, 5) is 0. The van der Waals surface area contributed by atoms with Gasteiger partial charge >= 0.3 is 0 Å². The lowest BCUT2D eigenvalue weighted by Gasteiger charge is -2.12. The van der Waals surface area contributed by atoms with Gasteiger partial charge in [-0.1, -0.05) is 31.7 Å². The predicted octanol–water partition coefficient (Wildman–Crippen LogP) is 3.24. The highest BCUT2D eigenvalue weighted by Gasteiger charge is 2.06. The second-order valence-electron chi connectivity index (χ2n) is 3.49. The van der Waals surface area contributed by atoms with Crippen LogP contribution in [0.2, 0.25) is 18.6 Å². The highest BCUT2D eigenvalue weighted by Crippen LogP contribution is 2.13. The van der Waals surface area contributed by atoms with E-state index < -0.39 is 8.80 Å². The van der Waals surface area contributed by atoms with E-state index in [9.17, 15) is 0 Å². The summed E-state index contributed by atoms with van der Waals surface area (Å²) < 4.78 is 0. The van der Waals surface area contributed by atoms with Gasteiger partial charge in [-0.25, -0.2) is 0 Å². The molecule has 0 aromatic heterocycles. The largest absolute Gasteiger partial charge is 0.103 e. The maximum absolute atomic E-state index is 3.77. The third-order valence-corrected chi connectivity index (χ3v) is 4.69. The Kier molecular flexibility index (Phi) is 6.23. The van der Waals surface area contributed by atoms with Crippen LogP contribution in [0.15, 0.2) is 25.3 Å². The molecule has 0 aliphatic heterocycles. The molecule has 0 saturated carbocycles. The fourth-order valence-electron chi connectivity index (χ4n) is 1.45. The molecule has 0 bridgehead atoms. The number of rotatable bonds is 6. The van der Waals surface area contributed by atoms with Crippen LogP contribution in [0.1, 0.15) is 13.3 Å². The summed E-state index contributed by atoms with van der Waals surface area (Å²) in [6.45, 7) is 12.2. The van der Waals surface area contributed by atoms with Crippen LogP contribution in [-0.2, 0) is 0 Å². The van der Waals surface area contributed by atoms with Crippen molar-refractivity contribution >= 4 is 8.80 Å². The third-order valence-electron chi connectivity index (χ3n) is 1.94. The van der Waals surface area contributed by atoms with Gasteiger partial charge in [0.1, 0.15) is 0 Å². The van der Waals surface area contributed by atoms with Gasteiger partial charge in [0.2, 0.25) is 0 Å². The molecule has 1 heteroatoms. The van der Waals surface area contributed by atoms with Crippen LogP contribution in [0.5, 0.6) is 0 Å². The van der Waals surface area contributed by atoms with Gasteiger partial charge in [0.15, 0.2) is 0 Å². The van der Waals surface area contributed by atoms with Crippen molar-refractivity contribution in [3.05, 3.63) is 25.3 Å². The molecule has 0 saturated heterocycles. The van der Waals surface area contributed by atoms with Gasteiger partial charge in [-0.3, -0.25) is 0 Å². The van der Waals surface area contributed by atoms with Gasteiger partial charge < -0.3 is 0 Å². The van der Waals surface area contributed by atoms with Gasteiger partial charge in [-0.2, -0.15) is 0 Å². The molecular weight excluding hydrogens is 148 g/mol. The summed E-state index contributed by atoms with van der Waals surface area (Å²) >= 11 is 0. The van der Waals surface area contributed by atoms with Gasteiger partial charge in [0, 0.05) is 8.80 Å². The second kappa shape index (κ2) is 6.41. The molecule has 0 aromatic carbocycles. The Labute approximate surface area is 72.6 Å². The highest BCUT2D eigenvalue weighted by atomic mass is 28.3. The molecule has 0 rings (SSSR count). The Morgan fingerprint density at radius 1 is 1.36 bits per heavy atom. The highest BCUT2D eigenvalue weighted by molar-refractivity contribution is 6.57. The minimum Gasteiger partial charge on any atom is -0.103 e. The van der Waals surface area contributed by atoms with Crippen molar-refractivity contribution in [1.82, 2.24) is 0 Å². The van der Waals surface area contributed by atoms with Gasteiger partial charge in [0.05, 0.1) is 0 Å². The van der Waals surface area contributed by atoms with Crippen molar-refractivity contribution in [2.75, 3.05) is 0 Å². The van der Waals surface area contributed by atoms with Crippen molar-refractivity contribution < 1.29 is 0 Å². The van der Waals surface area contributed by atoms with E-state index in [4.69, 9.17) is 0 Å². The van der Waals surface area contributed by atoms with Crippen LogP contribution in [0.25, 0.3) is 0 Å². The van der Waals surface area contributed by atoms with Gasteiger partial charge in [-0.15, -0.1) is 13.2 Å². The summed E-state index contributed by atoms with van der Waals surface area (Å²) in [7, 11) is -0.457. The molecule has 0 N–H and O–H groups in total. The maximum Gasteiger partial charge on any atom is 0.0377 e. The summed E-state index contributed by atoms with van der Waals surface area (Å²) in [6.07, 6.45) is 5.27. The average Bonchev–Trinajstić information content (AvgIpc) is 1.87. The number of allylic oxidation sites excluding steroid dienone is 2. The third kappa shape index (κ3) is 6.11. The van der Waals surface area contributed by atoms with E-state index in [1.807, 2.05) is 6.08 Å². The average molecular weight is 168 g/mol. The Bertz CT molecular complexity index is 104.